The lowest BCUT2D eigenvalue weighted by atomic mass is 9.99. The summed E-state index contributed by atoms with van der Waals surface area (Å²) in [5, 5.41) is 40.1. The van der Waals surface area contributed by atoms with Crippen LogP contribution >= 0.6 is 0 Å². The van der Waals surface area contributed by atoms with Crippen molar-refractivity contribution in [1.82, 2.24) is 0 Å². The molecular weight excluding hydrogens is 749 g/mol. The third-order valence-electron chi connectivity index (χ3n) is 10.7. The molecule has 6 atom stereocenters. The highest BCUT2D eigenvalue weighted by Crippen LogP contribution is 2.23. The van der Waals surface area contributed by atoms with Gasteiger partial charge in [0.25, 0.3) is 0 Å². The number of esters is 2. The van der Waals surface area contributed by atoms with Crippen molar-refractivity contribution in [3.8, 4) is 0 Å². The zero-order valence-corrected chi connectivity index (χ0v) is 37.2. The Bertz CT molecular complexity index is 1100. The lowest BCUT2D eigenvalue weighted by molar-refractivity contribution is -0.305. The fourth-order valence-corrected chi connectivity index (χ4v) is 7.03. The van der Waals surface area contributed by atoms with E-state index in [-0.39, 0.29) is 26.1 Å². The summed E-state index contributed by atoms with van der Waals surface area (Å²) in [5.41, 5.74) is 0. The summed E-state index contributed by atoms with van der Waals surface area (Å²) in [5.74, 6) is -0.897. The van der Waals surface area contributed by atoms with Crippen LogP contribution in [0.15, 0.2) is 48.6 Å². The molecule has 59 heavy (non-hydrogen) atoms. The van der Waals surface area contributed by atoms with Gasteiger partial charge in [0.15, 0.2) is 12.4 Å². The molecule has 10 heteroatoms. The van der Waals surface area contributed by atoms with E-state index in [1.807, 2.05) is 12.2 Å². The second-order valence-electron chi connectivity index (χ2n) is 16.2. The molecule has 0 amide bonds. The normalized spacial score (nSPS) is 20.4. The Morgan fingerprint density at radius 3 is 1.47 bits per heavy atom. The van der Waals surface area contributed by atoms with Crippen molar-refractivity contribution < 1.29 is 49.0 Å². The third kappa shape index (κ3) is 31.2. The molecule has 0 spiro atoms. The van der Waals surface area contributed by atoms with E-state index in [0.29, 0.717) is 6.42 Å². The lowest BCUT2D eigenvalue weighted by Crippen LogP contribution is -2.59. The van der Waals surface area contributed by atoms with Crippen LogP contribution in [0.3, 0.4) is 0 Å². The monoisotopic (exact) mass is 835 g/mol. The van der Waals surface area contributed by atoms with Crippen LogP contribution in [0.25, 0.3) is 0 Å². The van der Waals surface area contributed by atoms with E-state index in [4.69, 9.17) is 18.9 Å². The highest BCUT2D eigenvalue weighted by Gasteiger charge is 2.44. The summed E-state index contributed by atoms with van der Waals surface area (Å²) >= 11 is 0. The quantitative estimate of drug-likeness (QED) is 0.0267. The minimum Gasteiger partial charge on any atom is -0.462 e. The van der Waals surface area contributed by atoms with Gasteiger partial charge in [-0.2, -0.15) is 0 Å². The minimum absolute atomic E-state index is 0.109. The van der Waals surface area contributed by atoms with Crippen LogP contribution in [0, 0.1) is 0 Å². The third-order valence-corrected chi connectivity index (χ3v) is 10.7. The Morgan fingerprint density at radius 1 is 0.542 bits per heavy atom. The molecule has 0 aliphatic carbocycles. The van der Waals surface area contributed by atoms with Crippen LogP contribution in [0.1, 0.15) is 194 Å². The van der Waals surface area contributed by atoms with Crippen LogP contribution < -0.4 is 0 Å². The first kappa shape index (κ1) is 54.7. The van der Waals surface area contributed by atoms with E-state index in [2.05, 4.69) is 50.3 Å². The Hall–Kier alpha value is -2.34. The molecule has 0 aromatic heterocycles. The van der Waals surface area contributed by atoms with Gasteiger partial charge >= 0.3 is 11.9 Å². The first-order chi connectivity index (χ1) is 28.8. The van der Waals surface area contributed by atoms with Crippen LogP contribution in [0.4, 0.5) is 0 Å². The number of aliphatic hydroxyl groups excluding tert-OH is 4. The first-order valence-electron chi connectivity index (χ1n) is 23.7. The van der Waals surface area contributed by atoms with Gasteiger partial charge in [-0.1, -0.05) is 191 Å². The van der Waals surface area contributed by atoms with Gasteiger partial charge in [-0.25, -0.2) is 0 Å². The van der Waals surface area contributed by atoms with Crippen LogP contribution in [0.5, 0.6) is 0 Å². The highest BCUT2D eigenvalue weighted by atomic mass is 16.7. The summed E-state index contributed by atoms with van der Waals surface area (Å²) in [4.78, 5) is 25.3. The molecule has 1 aliphatic heterocycles. The first-order valence-corrected chi connectivity index (χ1v) is 23.7. The average Bonchev–Trinajstić information content (AvgIpc) is 3.23. The molecule has 0 radical (unpaired) electrons. The van der Waals surface area contributed by atoms with Crippen LogP contribution in [-0.2, 0) is 28.5 Å². The fourth-order valence-electron chi connectivity index (χ4n) is 7.03. The second kappa shape index (κ2) is 39.8. The van der Waals surface area contributed by atoms with Gasteiger partial charge in [0, 0.05) is 12.8 Å². The standard InChI is InChI=1S/C49H86O10/c1-3-5-7-9-11-13-15-17-18-19-20-21-22-23-24-26-27-29-31-33-35-37-44(51)56-40-42(41-57-49-48(55)47(54)46(53)43(39-50)59-49)58-45(52)38-36-34-32-30-28-25-16-14-12-10-8-6-4-2/h6,8,12,14,25,28,32,34,42-43,46-50,53-55H,3-5,7,9-11,13,15-24,26-27,29-31,33,35-41H2,1-2H3/b8-6-,14-12-,28-25-,34-32-. The molecule has 4 N–H and O–H groups in total. The number of hydrogen-bond donors (Lipinski definition) is 4. The Morgan fingerprint density at radius 2 is 1.00 bits per heavy atom. The SMILES string of the molecule is CC/C=C\C/C=C\C/C=C\C/C=C\CCC(=O)OC(COC(=O)CCCCCCCCCCCCCCCCCCCCCCC)COC1OC(CO)C(O)C(O)C1O. The van der Waals surface area contributed by atoms with E-state index >= 15 is 0 Å². The number of hydrogen-bond acceptors (Lipinski definition) is 10. The van der Waals surface area contributed by atoms with Crippen molar-refractivity contribution in [2.45, 2.75) is 230 Å². The molecule has 0 aromatic carbocycles. The molecule has 1 rings (SSSR count). The number of carbonyl (C=O) groups is 2. The molecule has 1 heterocycles. The van der Waals surface area contributed by atoms with Crippen molar-refractivity contribution in [2.24, 2.45) is 0 Å². The average molecular weight is 835 g/mol. The van der Waals surface area contributed by atoms with E-state index in [9.17, 15) is 30.0 Å². The van der Waals surface area contributed by atoms with Gasteiger partial charge in [-0.15, -0.1) is 0 Å². The van der Waals surface area contributed by atoms with E-state index in [1.165, 1.54) is 116 Å². The number of rotatable bonds is 39. The molecule has 1 fully saturated rings. The summed E-state index contributed by atoms with van der Waals surface area (Å²) in [6, 6.07) is 0. The summed E-state index contributed by atoms with van der Waals surface area (Å²) in [6.07, 6.45) is 40.0. The van der Waals surface area contributed by atoms with Crippen molar-refractivity contribution in [1.29, 1.82) is 0 Å². The number of aliphatic hydroxyl groups is 4. The molecule has 0 saturated carbocycles. The Labute approximate surface area is 358 Å². The number of ether oxygens (including phenoxy) is 4. The molecule has 342 valence electrons. The van der Waals surface area contributed by atoms with Gasteiger partial charge in [-0.3, -0.25) is 9.59 Å². The topological polar surface area (TPSA) is 152 Å². The maximum Gasteiger partial charge on any atom is 0.306 e. The summed E-state index contributed by atoms with van der Waals surface area (Å²) < 4.78 is 22.1. The van der Waals surface area contributed by atoms with E-state index in [1.54, 1.807) is 0 Å². The molecular formula is C49H86O10. The summed E-state index contributed by atoms with van der Waals surface area (Å²) in [7, 11) is 0. The van der Waals surface area contributed by atoms with Crippen molar-refractivity contribution in [3.05, 3.63) is 48.6 Å². The predicted molar refractivity (Wildman–Crippen MR) is 238 cm³/mol. The Kier molecular flexibility index (Phi) is 36.9. The smallest absolute Gasteiger partial charge is 0.306 e. The Balaban J connectivity index is 2.28. The van der Waals surface area contributed by atoms with Crippen LogP contribution in [0.2, 0.25) is 0 Å². The van der Waals surface area contributed by atoms with Gasteiger partial charge in [-0.05, 0) is 38.5 Å². The zero-order chi connectivity index (χ0) is 43.0. The lowest BCUT2D eigenvalue weighted by Gasteiger charge is -2.39. The molecule has 6 unspecified atom stereocenters. The van der Waals surface area contributed by atoms with Gasteiger partial charge in [0.05, 0.1) is 13.2 Å². The maximum absolute atomic E-state index is 12.7. The molecule has 0 aromatic rings. The zero-order valence-electron chi connectivity index (χ0n) is 37.2. The van der Waals surface area contributed by atoms with Crippen molar-refractivity contribution in [3.63, 3.8) is 0 Å². The van der Waals surface area contributed by atoms with Crippen LogP contribution in [-0.4, -0.2) is 89.0 Å². The minimum atomic E-state index is -1.61. The van der Waals surface area contributed by atoms with E-state index in [0.717, 1.165) is 44.9 Å². The van der Waals surface area contributed by atoms with Gasteiger partial charge < -0.3 is 39.4 Å². The molecule has 1 saturated heterocycles. The second-order valence-corrected chi connectivity index (χ2v) is 16.2. The fraction of sp³-hybridized carbons (Fsp3) is 0.796. The van der Waals surface area contributed by atoms with Crippen molar-refractivity contribution >= 4 is 11.9 Å². The molecule has 10 nitrogen and oxygen atoms in total. The number of carbonyl (C=O) groups excluding carboxylic acids is 2. The van der Waals surface area contributed by atoms with Gasteiger partial charge in [0.1, 0.15) is 31.0 Å². The molecule has 0 bridgehead atoms. The van der Waals surface area contributed by atoms with Crippen molar-refractivity contribution in [2.75, 3.05) is 19.8 Å². The maximum atomic E-state index is 12.7. The van der Waals surface area contributed by atoms with E-state index < -0.39 is 55.4 Å². The number of unbranched alkanes of at least 4 members (excludes halogenated alkanes) is 20. The molecule has 1 aliphatic rings. The largest absolute Gasteiger partial charge is 0.462 e. The summed E-state index contributed by atoms with van der Waals surface area (Å²) in [6.45, 7) is 3.25. The number of allylic oxidation sites excluding steroid dienone is 8. The predicted octanol–water partition coefficient (Wildman–Crippen LogP) is 10.4. The highest BCUT2D eigenvalue weighted by molar-refractivity contribution is 5.70. The van der Waals surface area contributed by atoms with Gasteiger partial charge in [0.2, 0.25) is 0 Å².